The van der Waals surface area contributed by atoms with Gasteiger partial charge in [0.2, 0.25) is 0 Å². The summed E-state index contributed by atoms with van der Waals surface area (Å²) in [5, 5.41) is 10.5. The number of rotatable bonds is 64. The first-order valence-electron chi connectivity index (χ1n) is 33.3. The normalized spacial score (nSPS) is 14.2. The summed E-state index contributed by atoms with van der Waals surface area (Å²) in [4.78, 5) is 71.6. The molecule has 0 bridgehead atoms. The van der Waals surface area contributed by atoms with E-state index in [1.165, 1.54) is 148 Å². The van der Waals surface area contributed by atoms with E-state index in [0.717, 1.165) is 96.3 Å². The van der Waals surface area contributed by atoms with Crippen LogP contribution in [0.3, 0.4) is 0 Å². The van der Waals surface area contributed by atoms with Crippen molar-refractivity contribution >= 4 is 39.5 Å². The van der Waals surface area contributed by atoms with E-state index in [2.05, 4.69) is 27.7 Å². The van der Waals surface area contributed by atoms with Crippen LogP contribution in [0.4, 0.5) is 0 Å². The quantitative estimate of drug-likeness (QED) is 0.0222. The summed E-state index contributed by atoms with van der Waals surface area (Å²) in [5.74, 6) is -2.16. The molecule has 0 heterocycles. The summed E-state index contributed by atoms with van der Waals surface area (Å²) < 4.78 is 67.5. The summed E-state index contributed by atoms with van der Waals surface area (Å²) in [6.45, 7) is 4.71. The predicted octanol–water partition coefficient (Wildman–Crippen LogP) is 17.5. The Hall–Kier alpha value is -1.94. The van der Waals surface area contributed by atoms with Crippen LogP contribution in [-0.4, -0.2) is 96.7 Å². The summed E-state index contributed by atoms with van der Waals surface area (Å²) in [7, 11) is -9.86. The van der Waals surface area contributed by atoms with E-state index in [0.29, 0.717) is 25.7 Å². The van der Waals surface area contributed by atoms with Gasteiger partial charge in [-0.05, 0) is 25.7 Å². The summed E-state index contributed by atoms with van der Waals surface area (Å²) in [6, 6.07) is 0. The monoisotopic (exact) mass is 1210 g/mol. The van der Waals surface area contributed by atoms with Crippen LogP contribution in [0.25, 0.3) is 0 Å². The van der Waals surface area contributed by atoms with Crippen molar-refractivity contribution in [2.45, 2.75) is 341 Å². The second-order valence-corrected chi connectivity index (χ2v) is 25.7. The lowest BCUT2D eigenvalue weighted by atomic mass is 10.0. The number of aliphatic hydroxyl groups is 1. The molecule has 0 rings (SSSR count). The second-order valence-electron chi connectivity index (χ2n) is 22.8. The molecular formula is C63H122O17P2. The highest BCUT2D eigenvalue weighted by atomic mass is 31.2. The van der Waals surface area contributed by atoms with Gasteiger partial charge in [-0.1, -0.05) is 272 Å². The molecule has 19 heteroatoms. The summed E-state index contributed by atoms with van der Waals surface area (Å²) in [5.41, 5.74) is 0. The molecule has 5 atom stereocenters. The van der Waals surface area contributed by atoms with E-state index in [4.69, 9.17) is 37.0 Å². The molecule has 82 heavy (non-hydrogen) atoms. The number of carbonyl (C=O) groups is 4. The standard InChI is InChI=1S/C63H122O17P2/c1-5-9-13-17-19-21-23-25-26-27-28-29-30-32-34-36-38-42-46-50-63(68)80-59(54-74-61(66)48-44-41-37-35-33-31-24-22-20-18-14-10-6-2)56-78-82(71,72)76-52-57(64)51-75-81(69,70)77-55-58(79-62(67)49-45-40-16-12-8-4)53-73-60(65)47-43-39-15-11-7-3/h57-59,64H,5-56H2,1-4H3,(H,69,70)(H,71,72)/t57-,58+,59+/m0/s1. The van der Waals surface area contributed by atoms with Gasteiger partial charge in [0, 0.05) is 25.7 Å². The van der Waals surface area contributed by atoms with Crippen molar-refractivity contribution in [3.8, 4) is 0 Å². The average Bonchev–Trinajstić information content (AvgIpc) is 3.47. The fourth-order valence-corrected chi connectivity index (χ4v) is 11.0. The average molecular weight is 1210 g/mol. The minimum absolute atomic E-state index is 0.0992. The molecule has 0 aromatic carbocycles. The van der Waals surface area contributed by atoms with E-state index >= 15 is 0 Å². The van der Waals surface area contributed by atoms with Gasteiger partial charge in [0.05, 0.1) is 26.4 Å². The van der Waals surface area contributed by atoms with Crippen molar-refractivity contribution in [1.82, 2.24) is 0 Å². The molecule has 0 spiro atoms. The Kier molecular flexibility index (Phi) is 56.7. The Balaban J connectivity index is 5.07. The predicted molar refractivity (Wildman–Crippen MR) is 326 cm³/mol. The summed E-state index contributed by atoms with van der Waals surface area (Å²) in [6.07, 6.45) is 44.0. The fraction of sp³-hybridized carbons (Fsp3) is 0.937. The molecule has 2 unspecified atom stereocenters. The van der Waals surface area contributed by atoms with Crippen LogP contribution in [0.5, 0.6) is 0 Å². The third-order valence-corrected chi connectivity index (χ3v) is 16.5. The van der Waals surface area contributed by atoms with Crippen LogP contribution < -0.4 is 0 Å². The molecule has 0 aliphatic rings. The molecule has 0 saturated heterocycles. The zero-order valence-electron chi connectivity index (χ0n) is 52.5. The maximum atomic E-state index is 13.0. The molecule has 0 aromatic heterocycles. The highest BCUT2D eigenvalue weighted by Crippen LogP contribution is 2.45. The number of unbranched alkanes of at least 4 members (excludes halogenated alkanes) is 38. The van der Waals surface area contributed by atoms with E-state index in [1.807, 2.05) is 0 Å². The van der Waals surface area contributed by atoms with Gasteiger partial charge in [0.15, 0.2) is 12.2 Å². The zero-order chi connectivity index (χ0) is 60.5. The first-order valence-corrected chi connectivity index (χ1v) is 36.3. The third-order valence-electron chi connectivity index (χ3n) is 14.6. The molecule has 0 radical (unpaired) electrons. The zero-order valence-corrected chi connectivity index (χ0v) is 54.2. The molecule has 0 aliphatic heterocycles. The van der Waals surface area contributed by atoms with Gasteiger partial charge < -0.3 is 33.8 Å². The Morgan fingerprint density at radius 2 is 0.488 bits per heavy atom. The summed E-state index contributed by atoms with van der Waals surface area (Å²) >= 11 is 0. The minimum atomic E-state index is -4.94. The number of ether oxygens (including phenoxy) is 4. The number of hydrogen-bond acceptors (Lipinski definition) is 15. The smallest absolute Gasteiger partial charge is 0.462 e. The third kappa shape index (κ3) is 57.2. The van der Waals surface area contributed by atoms with Crippen molar-refractivity contribution < 1.29 is 80.2 Å². The van der Waals surface area contributed by atoms with Gasteiger partial charge in [0.25, 0.3) is 0 Å². The molecule has 3 N–H and O–H groups in total. The largest absolute Gasteiger partial charge is 0.472 e. The van der Waals surface area contributed by atoms with Gasteiger partial charge in [-0.3, -0.25) is 37.3 Å². The lowest BCUT2D eigenvalue weighted by Crippen LogP contribution is -2.30. The van der Waals surface area contributed by atoms with Gasteiger partial charge in [-0.25, -0.2) is 9.13 Å². The van der Waals surface area contributed by atoms with Crippen molar-refractivity contribution in [2.24, 2.45) is 0 Å². The highest BCUT2D eigenvalue weighted by Gasteiger charge is 2.30. The molecule has 486 valence electrons. The van der Waals surface area contributed by atoms with E-state index in [-0.39, 0.29) is 25.7 Å². The first-order chi connectivity index (χ1) is 39.7. The van der Waals surface area contributed by atoms with E-state index in [1.54, 1.807) is 0 Å². The number of aliphatic hydroxyl groups excluding tert-OH is 1. The Labute approximate surface area is 498 Å². The molecule has 17 nitrogen and oxygen atoms in total. The first kappa shape index (κ1) is 80.1. The van der Waals surface area contributed by atoms with Crippen molar-refractivity contribution in [2.75, 3.05) is 39.6 Å². The maximum absolute atomic E-state index is 13.0. The molecule has 0 fully saturated rings. The number of phosphoric acid groups is 2. The lowest BCUT2D eigenvalue weighted by molar-refractivity contribution is -0.161. The van der Waals surface area contributed by atoms with Gasteiger partial charge in [-0.15, -0.1) is 0 Å². The van der Waals surface area contributed by atoms with Crippen molar-refractivity contribution in [3.05, 3.63) is 0 Å². The van der Waals surface area contributed by atoms with Crippen LogP contribution in [0, 0.1) is 0 Å². The Morgan fingerprint density at radius 3 is 0.720 bits per heavy atom. The number of hydrogen-bond donors (Lipinski definition) is 3. The van der Waals surface area contributed by atoms with Crippen LogP contribution >= 0.6 is 15.6 Å². The van der Waals surface area contributed by atoms with Crippen LogP contribution in [0.15, 0.2) is 0 Å². The second kappa shape index (κ2) is 58.1. The topological polar surface area (TPSA) is 237 Å². The van der Waals surface area contributed by atoms with Gasteiger partial charge in [0.1, 0.15) is 19.3 Å². The Morgan fingerprint density at radius 1 is 0.293 bits per heavy atom. The van der Waals surface area contributed by atoms with Crippen molar-refractivity contribution in [3.63, 3.8) is 0 Å². The maximum Gasteiger partial charge on any atom is 0.472 e. The van der Waals surface area contributed by atoms with Crippen LogP contribution in [0.1, 0.15) is 323 Å². The van der Waals surface area contributed by atoms with Crippen LogP contribution in [-0.2, 0) is 65.4 Å². The van der Waals surface area contributed by atoms with Gasteiger partial charge >= 0.3 is 39.5 Å². The molecule has 0 aliphatic carbocycles. The van der Waals surface area contributed by atoms with Crippen LogP contribution in [0.2, 0.25) is 0 Å². The molecular weight excluding hydrogens is 1090 g/mol. The van der Waals surface area contributed by atoms with E-state index < -0.39 is 97.5 Å². The molecule has 0 aromatic rings. The Bertz CT molecular complexity index is 1590. The SMILES string of the molecule is CCCCCCCCCCCCCCCCCCCCCC(=O)O[C@H](COC(=O)CCCCCCCCCCCCCCC)COP(=O)(O)OC[C@@H](O)COP(=O)(O)OC[C@@H](COC(=O)CCCCCCC)OC(=O)CCCCCCC. The minimum Gasteiger partial charge on any atom is -0.462 e. The highest BCUT2D eigenvalue weighted by molar-refractivity contribution is 7.47. The fourth-order valence-electron chi connectivity index (χ4n) is 9.46. The molecule has 0 saturated carbocycles. The molecule has 0 amide bonds. The van der Waals surface area contributed by atoms with Crippen molar-refractivity contribution in [1.29, 1.82) is 0 Å². The number of esters is 4. The van der Waals surface area contributed by atoms with Gasteiger partial charge in [-0.2, -0.15) is 0 Å². The van der Waals surface area contributed by atoms with E-state index in [9.17, 15) is 43.2 Å². The number of phosphoric ester groups is 2. The number of carbonyl (C=O) groups excluding carboxylic acids is 4. The lowest BCUT2D eigenvalue weighted by Gasteiger charge is -2.21.